The van der Waals surface area contributed by atoms with Crippen LogP contribution in [0, 0.1) is 5.82 Å². The lowest BCUT2D eigenvalue weighted by molar-refractivity contribution is -0.278. The minimum atomic E-state index is -6.06. The quantitative estimate of drug-likeness (QED) is 0.0462. The summed E-state index contributed by atoms with van der Waals surface area (Å²) in [6, 6.07) is -0.0394. The summed E-state index contributed by atoms with van der Waals surface area (Å²) in [5.41, 5.74) is -5.25. The van der Waals surface area contributed by atoms with E-state index in [0.717, 1.165) is 28.4 Å². The zero-order valence-corrected chi connectivity index (χ0v) is 34.1. The van der Waals surface area contributed by atoms with Crippen molar-refractivity contribution in [3.63, 3.8) is 0 Å². The lowest BCUT2D eigenvalue weighted by Crippen LogP contribution is -2.63. The molecule has 0 aromatic heterocycles. The molecule has 4 atom stereocenters. The molecule has 0 aliphatic carbocycles. The third-order valence-electron chi connectivity index (χ3n) is 7.89. The number of amides is 6. The van der Waals surface area contributed by atoms with Crippen molar-refractivity contribution in [3.05, 3.63) is 24.0 Å². The van der Waals surface area contributed by atoms with Crippen LogP contribution in [0.4, 0.5) is 41.6 Å². The molecule has 0 radical (unpaired) electrons. The molecule has 6 N–H and O–H groups in total. The molecule has 0 fully saturated rings. The molecule has 1 aliphatic rings. The lowest BCUT2D eigenvalue weighted by atomic mass is 10.0. The van der Waals surface area contributed by atoms with Gasteiger partial charge in [-0.3, -0.25) is 19.2 Å². The van der Waals surface area contributed by atoms with Crippen LogP contribution in [-0.2, 0) is 38.2 Å². The summed E-state index contributed by atoms with van der Waals surface area (Å²) >= 11 is 0. The first-order chi connectivity index (χ1) is 27.3. The van der Waals surface area contributed by atoms with Crippen molar-refractivity contribution in [1.82, 2.24) is 26.6 Å². The summed E-state index contributed by atoms with van der Waals surface area (Å²) in [5.74, 6) is -12.4. The van der Waals surface area contributed by atoms with Crippen LogP contribution in [0.1, 0.15) is 68.2 Å². The van der Waals surface area contributed by atoms with E-state index in [0.29, 0.717) is 6.92 Å². The Morgan fingerprint density at radius 2 is 1.47 bits per heavy atom. The monoisotopic (exact) mass is 872 g/mol. The minimum absolute atomic E-state index is 0.105. The Labute approximate surface area is 340 Å². The zero-order valence-electron chi connectivity index (χ0n) is 34.1. The third-order valence-corrected chi connectivity index (χ3v) is 7.89. The van der Waals surface area contributed by atoms with E-state index in [1.807, 2.05) is 5.32 Å². The van der Waals surface area contributed by atoms with Crippen molar-refractivity contribution in [2.24, 2.45) is 0 Å². The maximum Gasteiger partial charge on any atom is 0.455 e. The van der Waals surface area contributed by atoms with E-state index in [1.54, 1.807) is 41.5 Å². The molecule has 18 nitrogen and oxygen atoms in total. The fraction of sp³-hybridized carbons (Fsp3) is 0.639. The SMILES string of the molecule is C[C@H]1Oc2ccc(F)cc2N(CCOC(=O)NCCNC(=O)CC[C@H](NC(=O)OC(C)(C)C)C(=O)OC(C)(C)C)C(=O)[C@H]1NC(=O)[C@@](C)(O)C(=O)NCC(F)(F)C(F)(F)F. The summed E-state index contributed by atoms with van der Waals surface area (Å²) in [4.78, 5) is 89.8. The van der Waals surface area contributed by atoms with Crippen LogP contribution in [0.3, 0.4) is 0 Å². The number of alkyl carbamates (subject to hydrolysis) is 2. The number of nitrogens with one attached hydrogen (secondary N) is 5. The highest BCUT2D eigenvalue weighted by molar-refractivity contribution is 6.10. The van der Waals surface area contributed by atoms with E-state index in [9.17, 15) is 65.0 Å². The van der Waals surface area contributed by atoms with Crippen LogP contribution in [-0.4, -0.2) is 127 Å². The van der Waals surface area contributed by atoms with Gasteiger partial charge in [-0.05, 0) is 73.9 Å². The molecule has 6 amide bonds. The van der Waals surface area contributed by atoms with E-state index >= 15 is 0 Å². The largest absolute Gasteiger partial charge is 0.486 e. The maximum atomic E-state index is 14.3. The van der Waals surface area contributed by atoms with Gasteiger partial charge in [0.1, 0.15) is 47.6 Å². The molecule has 0 bridgehead atoms. The second kappa shape index (κ2) is 20.1. The number of carbonyl (C=O) groups excluding carboxylic acids is 7. The minimum Gasteiger partial charge on any atom is -0.486 e. The first-order valence-electron chi connectivity index (χ1n) is 18.3. The van der Waals surface area contributed by atoms with Crippen LogP contribution in [0.5, 0.6) is 5.75 Å². The number of rotatable bonds is 16. The second-order valence-corrected chi connectivity index (χ2v) is 15.5. The van der Waals surface area contributed by atoms with Crippen LogP contribution in [0.25, 0.3) is 0 Å². The molecule has 1 heterocycles. The number of fused-ring (bicyclic) bond motifs is 1. The normalized spacial score (nSPS) is 17.3. The van der Waals surface area contributed by atoms with Gasteiger partial charge in [-0.25, -0.2) is 18.8 Å². The lowest BCUT2D eigenvalue weighted by Gasteiger charge is -2.29. The Balaban J connectivity index is 2.00. The Hall–Kier alpha value is -5.55. The molecule has 0 saturated heterocycles. The Bertz CT molecular complexity index is 1750. The highest BCUT2D eigenvalue weighted by Crippen LogP contribution is 2.35. The highest BCUT2D eigenvalue weighted by atomic mass is 19.4. The zero-order chi connectivity index (χ0) is 46.0. The molecule has 1 aliphatic heterocycles. The van der Waals surface area contributed by atoms with E-state index in [-0.39, 0.29) is 37.4 Å². The van der Waals surface area contributed by atoms with Crippen LogP contribution < -0.4 is 36.2 Å². The number of ether oxygens (including phenoxy) is 4. The van der Waals surface area contributed by atoms with Gasteiger partial charge in [0.25, 0.3) is 17.7 Å². The van der Waals surface area contributed by atoms with Gasteiger partial charge in [0, 0.05) is 25.6 Å². The fourth-order valence-electron chi connectivity index (χ4n) is 4.90. The van der Waals surface area contributed by atoms with Crippen molar-refractivity contribution in [3.8, 4) is 5.75 Å². The van der Waals surface area contributed by atoms with Gasteiger partial charge >= 0.3 is 30.3 Å². The Morgan fingerprint density at radius 3 is 2.05 bits per heavy atom. The predicted molar refractivity (Wildman–Crippen MR) is 196 cm³/mol. The first kappa shape index (κ1) is 50.6. The number of carbonyl (C=O) groups is 7. The van der Waals surface area contributed by atoms with E-state index in [2.05, 4.69) is 16.0 Å². The van der Waals surface area contributed by atoms with Crippen LogP contribution in [0.2, 0.25) is 0 Å². The Morgan fingerprint density at radius 1 is 0.867 bits per heavy atom. The van der Waals surface area contributed by atoms with E-state index in [4.69, 9.17) is 18.9 Å². The molecule has 0 spiro atoms. The average Bonchev–Trinajstić information content (AvgIpc) is 3.18. The molecule has 1 aromatic rings. The van der Waals surface area contributed by atoms with Gasteiger partial charge in [0.15, 0.2) is 0 Å². The number of esters is 1. The maximum absolute atomic E-state index is 14.3. The average molecular weight is 873 g/mol. The number of hydrogen-bond acceptors (Lipinski definition) is 12. The smallest absolute Gasteiger partial charge is 0.455 e. The number of hydrogen-bond donors (Lipinski definition) is 6. The topological polar surface area (TPSA) is 240 Å². The molecule has 338 valence electrons. The summed E-state index contributed by atoms with van der Waals surface area (Å²) in [6.07, 6.45) is -9.72. The first-order valence-corrected chi connectivity index (χ1v) is 18.3. The fourth-order valence-corrected chi connectivity index (χ4v) is 4.90. The van der Waals surface area contributed by atoms with Crippen LogP contribution >= 0.6 is 0 Å². The van der Waals surface area contributed by atoms with Gasteiger partial charge in [-0.15, -0.1) is 0 Å². The van der Waals surface area contributed by atoms with Gasteiger partial charge in [-0.2, -0.15) is 22.0 Å². The second-order valence-electron chi connectivity index (χ2n) is 15.5. The number of aliphatic hydroxyl groups is 1. The number of nitrogens with zero attached hydrogens (tertiary/aromatic N) is 1. The number of anilines is 1. The van der Waals surface area contributed by atoms with Crippen molar-refractivity contribution < 1.29 is 84.0 Å². The van der Waals surface area contributed by atoms with Gasteiger partial charge in [0.05, 0.1) is 18.8 Å². The molecular formula is C36H50F6N6O12. The third kappa shape index (κ3) is 15.6. The molecule has 0 saturated carbocycles. The molecule has 0 unspecified atom stereocenters. The van der Waals surface area contributed by atoms with Crippen molar-refractivity contribution in [1.29, 1.82) is 0 Å². The van der Waals surface area contributed by atoms with Gasteiger partial charge < -0.3 is 55.5 Å². The summed E-state index contributed by atoms with van der Waals surface area (Å²) < 4.78 is 99.9. The van der Waals surface area contributed by atoms with E-state index < -0.39 is 114 Å². The molecule has 1 aromatic carbocycles. The summed E-state index contributed by atoms with van der Waals surface area (Å²) in [7, 11) is 0. The van der Waals surface area contributed by atoms with Crippen molar-refractivity contribution >= 4 is 47.5 Å². The number of benzene rings is 1. The molecular weight excluding hydrogens is 822 g/mol. The summed E-state index contributed by atoms with van der Waals surface area (Å²) in [6.45, 7) is 7.78. The molecule has 60 heavy (non-hydrogen) atoms. The van der Waals surface area contributed by atoms with Gasteiger partial charge in [0.2, 0.25) is 11.5 Å². The molecule has 24 heteroatoms. The highest BCUT2D eigenvalue weighted by Gasteiger charge is 2.58. The number of alkyl halides is 5. The number of halogens is 6. The standard InChI is InChI=1S/C36H50F6N6O12/c1-19-25(47-29(53)34(8,56)28(52)45-18-35(38,39)36(40,41)42)26(50)48(22-17-20(37)9-11-23(22)58-19)15-16-57-30(54)44-14-13-43-24(49)12-10-21(27(51)59-32(2,3)4)46-31(55)60-33(5,6)7/h9,11,17,19,21,25,56H,10,12-16,18H2,1-8H3,(H,43,49)(H,44,54)(H,45,52)(H,46,55)(H,47,53)/t19-,21+,25+,34+/m1/s1. The van der Waals surface area contributed by atoms with Crippen molar-refractivity contribution in [2.75, 3.05) is 37.7 Å². The summed E-state index contributed by atoms with van der Waals surface area (Å²) in [5, 5.41) is 20.9. The van der Waals surface area contributed by atoms with Crippen LogP contribution in [0.15, 0.2) is 18.2 Å². The van der Waals surface area contributed by atoms with Crippen molar-refractivity contribution in [2.45, 2.75) is 115 Å². The van der Waals surface area contributed by atoms with E-state index in [1.165, 1.54) is 6.92 Å². The predicted octanol–water partition coefficient (Wildman–Crippen LogP) is 2.35. The molecule has 2 rings (SSSR count). The van der Waals surface area contributed by atoms with Gasteiger partial charge in [-0.1, -0.05) is 0 Å². The Kier molecular flexibility index (Phi) is 17.0.